The molecule has 2 amide bonds. The molecule has 0 heterocycles. The lowest BCUT2D eigenvalue weighted by Crippen LogP contribution is -2.48. The van der Waals surface area contributed by atoms with Crippen LogP contribution in [0.5, 0.6) is 5.75 Å². The van der Waals surface area contributed by atoms with Crippen molar-refractivity contribution in [3.05, 3.63) is 54.1 Å². The van der Waals surface area contributed by atoms with E-state index in [1.165, 1.54) is 32.2 Å². The van der Waals surface area contributed by atoms with Gasteiger partial charge in [0.25, 0.3) is 0 Å². The van der Waals surface area contributed by atoms with E-state index < -0.39 is 12.4 Å². The zero-order valence-electron chi connectivity index (χ0n) is 15.9. The van der Waals surface area contributed by atoms with Crippen LogP contribution in [0.25, 0.3) is 11.1 Å². The third-order valence-corrected chi connectivity index (χ3v) is 3.85. The quantitative estimate of drug-likeness (QED) is 0.702. The van der Waals surface area contributed by atoms with Gasteiger partial charge in [0.15, 0.2) is 0 Å². The Hall–Kier alpha value is -3.07. The van der Waals surface area contributed by atoms with Crippen LogP contribution in [-0.2, 0) is 20.9 Å². The fourth-order valence-corrected chi connectivity index (χ4v) is 2.60. The summed E-state index contributed by atoms with van der Waals surface area (Å²) in [6.07, 6.45) is -4.75. The molecule has 9 heteroatoms. The van der Waals surface area contributed by atoms with E-state index in [1.54, 1.807) is 30.3 Å². The van der Waals surface area contributed by atoms with Gasteiger partial charge in [0.1, 0.15) is 11.8 Å². The standard InChI is InChI=1S/C20H21F3N2O4/c1-13(26)25-18(12-28-2)19(27)24-11-14-6-8-15(9-7-14)16-4-3-5-17(10-16)29-20(21,22)23/h3-10,18H,11-12H2,1-2H3,(H,24,27)(H,25,26)/t18-/m1/s1. The summed E-state index contributed by atoms with van der Waals surface area (Å²) in [6.45, 7) is 1.57. The minimum atomic E-state index is -4.75. The molecule has 2 aromatic rings. The molecule has 0 spiro atoms. The Bertz CT molecular complexity index is 838. The van der Waals surface area contributed by atoms with E-state index in [0.29, 0.717) is 11.1 Å². The molecule has 0 aliphatic carbocycles. The van der Waals surface area contributed by atoms with Crippen LogP contribution < -0.4 is 15.4 Å². The number of methoxy groups -OCH3 is 1. The molecule has 0 aliphatic heterocycles. The van der Waals surface area contributed by atoms with Crippen LogP contribution >= 0.6 is 0 Å². The molecule has 2 aromatic carbocycles. The lowest BCUT2D eigenvalue weighted by Gasteiger charge is -2.16. The van der Waals surface area contributed by atoms with Crippen LogP contribution in [0.2, 0.25) is 0 Å². The SMILES string of the molecule is COC[C@@H](NC(C)=O)C(=O)NCc1ccc(-c2cccc(OC(F)(F)F)c2)cc1. The molecule has 0 unspecified atom stereocenters. The number of benzene rings is 2. The van der Waals surface area contributed by atoms with Gasteiger partial charge in [-0.2, -0.15) is 0 Å². The Balaban J connectivity index is 2.01. The number of hydrogen-bond donors (Lipinski definition) is 2. The van der Waals surface area contributed by atoms with Crippen molar-refractivity contribution in [2.45, 2.75) is 25.9 Å². The van der Waals surface area contributed by atoms with Gasteiger partial charge in [-0.25, -0.2) is 0 Å². The molecule has 2 rings (SSSR count). The molecule has 0 saturated heterocycles. The summed E-state index contributed by atoms with van der Waals surface area (Å²) in [6, 6.07) is 11.8. The van der Waals surface area contributed by atoms with Gasteiger partial charge in [0.2, 0.25) is 11.8 Å². The van der Waals surface area contributed by atoms with Gasteiger partial charge in [-0.15, -0.1) is 13.2 Å². The third kappa shape index (κ3) is 7.46. The fourth-order valence-electron chi connectivity index (χ4n) is 2.60. The van der Waals surface area contributed by atoms with Crippen LogP contribution in [0.15, 0.2) is 48.5 Å². The number of rotatable bonds is 8. The highest BCUT2D eigenvalue weighted by Crippen LogP contribution is 2.28. The molecule has 0 fully saturated rings. The summed E-state index contributed by atoms with van der Waals surface area (Å²) < 4.78 is 46.0. The first-order valence-corrected chi connectivity index (χ1v) is 8.67. The van der Waals surface area contributed by atoms with E-state index >= 15 is 0 Å². The van der Waals surface area contributed by atoms with Crippen molar-refractivity contribution in [2.75, 3.05) is 13.7 Å². The number of ether oxygens (including phenoxy) is 2. The summed E-state index contributed by atoms with van der Waals surface area (Å²) in [5.74, 6) is -1.03. The maximum atomic E-state index is 12.4. The molecule has 0 saturated carbocycles. The minimum Gasteiger partial charge on any atom is -0.406 e. The van der Waals surface area contributed by atoms with E-state index in [-0.39, 0.29) is 30.7 Å². The average molecular weight is 410 g/mol. The van der Waals surface area contributed by atoms with Crippen LogP contribution in [0, 0.1) is 0 Å². The van der Waals surface area contributed by atoms with Crippen LogP contribution in [-0.4, -0.2) is 37.9 Å². The first-order chi connectivity index (χ1) is 13.7. The van der Waals surface area contributed by atoms with Crippen LogP contribution in [0.1, 0.15) is 12.5 Å². The third-order valence-electron chi connectivity index (χ3n) is 3.85. The number of carbonyl (C=O) groups is 2. The molecule has 0 radical (unpaired) electrons. The molecular formula is C20H21F3N2O4. The highest BCUT2D eigenvalue weighted by atomic mass is 19.4. The van der Waals surface area contributed by atoms with Gasteiger partial charge in [-0.05, 0) is 28.8 Å². The number of halogens is 3. The first kappa shape index (κ1) is 22.2. The topological polar surface area (TPSA) is 76.7 Å². The summed E-state index contributed by atoms with van der Waals surface area (Å²) in [5, 5.41) is 5.21. The molecule has 1 atom stereocenters. The van der Waals surface area contributed by atoms with Crippen LogP contribution in [0.3, 0.4) is 0 Å². The lowest BCUT2D eigenvalue weighted by molar-refractivity contribution is -0.274. The Labute approximate surface area is 166 Å². The predicted molar refractivity (Wildman–Crippen MR) is 99.9 cm³/mol. The number of alkyl halides is 3. The highest BCUT2D eigenvalue weighted by molar-refractivity contribution is 5.86. The second kappa shape index (κ2) is 9.92. The number of nitrogens with one attached hydrogen (secondary N) is 2. The summed E-state index contributed by atoms with van der Waals surface area (Å²) in [4.78, 5) is 23.3. The van der Waals surface area contributed by atoms with Crippen molar-refractivity contribution in [1.29, 1.82) is 0 Å². The van der Waals surface area contributed by atoms with Gasteiger partial charge in [-0.3, -0.25) is 9.59 Å². The summed E-state index contributed by atoms with van der Waals surface area (Å²) in [5.41, 5.74) is 2.04. The largest absolute Gasteiger partial charge is 0.573 e. The van der Waals surface area contributed by atoms with Crippen molar-refractivity contribution in [3.8, 4) is 16.9 Å². The molecule has 0 aliphatic rings. The maximum Gasteiger partial charge on any atom is 0.573 e. The van der Waals surface area contributed by atoms with Gasteiger partial charge >= 0.3 is 6.36 Å². The summed E-state index contributed by atoms with van der Waals surface area (Å²) in [7, 11) is 1.43. The number of carbonyl (C=O) groups excluding carboxylic acids is 2. The van der Waals surface area contributed by atoms with Gasteiger partial charge in [-0.1, -0.05) is 36.4 Å². The molecule has 0 aromatic heterocycles. The zero-order chi connectivity index (χ0) is 21.4. The predicted octanol–water partition coefficient (Wildman–Crippen LogP) is 3.02. The normalized spacial score (nSPS) is 12.2. The monoisotopic (exact) mass is 410 g/mol. The second-order valence-electron chi connectivity index (χ2n) is 6.20. The highest BCUT2D eigenvalue weighted by Gasteiger charge is 2.31. The Morgan fingerprint density at radius 2 is 1.76 bits per heavy atom. The summed E-state index contributed by atoms with van der Waals surface area (Å²) >= 11 is 0. The van der Waals surface area contributed by atoms with E-state index in [4.69, 9.17) is 4.74 Å². The van der Waals surface area contributed by atoms with Gasteiger partial charge in [0, 0.05) is 20.6 Å². The van der Waals surface area contributed by atoms with Crippen LogP contribution in [0.4, 0.5) is 13.2 Å². The number of hydrogen-bond acceptors (Lipinski definition) is 4. The molecule has 2 N–H and O–H groups in total. The lowest BCUT2D eigenvalue weighted by atomic mass is 10.0. The van der Waals surface area contributed by atoms with Gasteiger partial charge < -0.3 is 20.1 Å². The van der Waals surface area contributed by atoms with Crippen molar-refractivity contribution in [3.63, 3.8) is 0 Å². The van der Waals surface area contributed by atoms with Crippen molar-refractivity contribution in [2.24, 2.45) is 0 Å². The second-order valence-corrected chi connectivity index (χ2v) is 6.20. The van der Waals surface area contributed by atoms with Crippen molar-refractivity contribution in [1.82, 2.24) is 10.6 Å². The Morgan fingerprint density at radius 1 is 1.07 bits per heavy atom. The average Bonchev–Trinajstić information content (AvgIpc) is 2.65. The van der Waals surface area contributed by atoms with E-state index in [1.807, 2.05) is 0 Å². The first-order valence-electron chi connectivity index (χ1n) is 8.67. The fraction of sp³-hybridized carbons (Fsp3) is 0.300. The van der Waals surface area contributed by atoms with Crippen molar-refractivity contribution < 1.29 is 32.2 Å². The van der Waals surface area contributed by atoms with E-state index in [9.17, 15) is 22.8 Å². The number of amides is 2. The molecular weight excluding hydrogens is 389 g/mol. The zero-order valence-corrected chi connectivity index (χ0v) is 15.9. The maximum absolute atomic E-state index is 12.4. The molecule has 6 nitrogen and oxygen atoms in total. The minimum absolute atomic E-state index is 0.0423. The van der Waals surface area contributed by atoms with E-state index in [2.05, 4.69) is 15.4 Å². The molecule has 29 heavy (non-hydrogen) atoms. The van der Waals surface area contributed by atoms with Gasteiger partial charge in [0.05, 0.1) is 6.61 Å². The Kier molecular flexibility index (Phi) is 7.60. The molecule has 0 bridgehead atoms. The Morgan fingerprint density at radius 3 is 2.34 bits per heavy atom. The molecule has 156 valence electrons. The van der Waals surface area contributed by atoms with Crippen molar-refractivity contribution >= 4 is 11.8 Å². The smallest absolute Gasteiger partial charge is 0.406 e. The van der Waals surface area contributed by atoms with E-state index in [0.717, 1.165) is 5.56 Å².